The maximum absolute atomic E-state index is 11.8. The first-order valence-electron chi connectivity index (χ1n) is 6.18. The number of aromatic nitrogens is 2. The molecular weight excluding hydrogens is 248 g/mol. The van der Waals surface area contributed by atoms with Crippen LogP contribution in [0.25, 0.3) is 0 Å². The second-order valence-corrected chi connectivity index (χ2v) is 4.12. The van der Waals surface area contributed by atoms with Crippen LogP contribution in [0.15, 0.2) is 6.20 Å². The van der Waals surface area contributed by atoms with Crippen molar-refractivity contribution in [2.75, 3.05) is 19.7 Å². The summed E-state index contributed by atoms with van der Waals surface area (Å²) in [7, 11) is 1.75. The summed E-state index contributed by atoms with van der Waals surface area (Å²) in [6, 6.07) is 0. The fourth-order valence-electron chi connectivity index (χ4n) is 1.74. The van der Waals surface area contributed by atoms with E-state index in [0.717, 1.165) is 0 Å². The number of primary amides is 1. The van der Waals surface area contributed by atoms with Crippen molar-refractivity contribution in [2.45, 2.75) is 20.4 Å². The van der Waals surface area contributed by atoms with Crippen molar-refractivity contribution in [1.82, 2.24) is 14.7 Å². The van der Waals surface area contributed by atoms with Gasteiger partial charge in [0.1, 0.15) is 5.56 Å². The molecule has 0 atom stereocenters. The van der Waals surface area contributed by atoms with Crippen molar-refractivity contribution >= 4 is 11.9 Å². The van der Waals surface area contributed by atoms with E-state index < -0.39 is 11.9 Å². The number of carbonyl (C=O) groups excluding carboxylic acids is 2. The zero-order valence-electron chi connectivity index (χ0n) is 11.5. The lowest BCUT2D eigenvalue weighted by atomic mass is 10.2. The highest BCUT2D eigenvalue weighted by Crippen LogP contribution is 2.12. The molecule has 1 amide bonds. The van der Waals surface area contributed by atoms with Crippen molar-refractivity contribution in [3.8, 4) is 0 Å². The van der Waals surface area contributed by atoms with Gasteiger partial charge in [0.25, 0.3) is 0 Å². The lowest BCUT2D eigenvalue weighted by Crippen LogP contribution is -2.34. The van der Waals surface area contributed by atoms with Gasteiger partial charge in [-0.3, -0.25) is 14.4 Å². The lowest BCUT2D eigenvalue weighted by molar-refractivity contribution is -0.119. The summed E-state index contributed by atoms with van der Waals surface area (Å²) in [6.07, 6.45) is 1.48. The average Bonchev–Trinajstić information content (AvgIpc) is 2.70. The Labute approximate surface area is 112 Å². The number of likely N-dealkylation sites (N-methyl/N-ethyl adjacent to an activating group) is 1. The van der Waals surface area contributed by atoms with Crippen molar-refractivity contribution in [3.05, 3.63) is 17.5 Å². The summed E-state index contributed by atoms with van der Waals surface area (Å²) in [5, 5.41) is 4.06. The van der Waals surface area contributed by atoms with Gasteiger partial charge in [-0.2, -0.15) is 5.10 Å². The van der Waals surface area contributed by atoms with Crippen molar-refractivity contribution in [1.29, 1.82) is 0 Å². The predicted molar refractivity (Wildman–Crippen MR) is 69.3 cm³/mol. The van der Waals surface area contributed by atoms with Crippen molar-refractivity contribution < 1.29 is 14.3 Å². The minimum absolute atomic E-state index is 0.143. The van der Waals surface area contributed by atoms with Gasteiger partial charge in [-0.15, -0.1) is 0 Å². The Morgan fingerprint density at radius 1 is 1.47 bits per heavy atom. The number of hydrogen-bond donors (Lipinski definition) is 1. The quantitative estimate of drug-likeness (QED) is 0.698. The van der Waals surface area contributed by atoms with Gasteiger partial charge in [-0.05, 0) is 13.5 Å². The van der Waals surface area contributed by atoms with Crippen molar-refractivity contribution in [2.24, 2.45) is 12.8 Å². The molecule has 1 heterocycles. The zero-order valence-corrected chi connectivity index (χ0v) is 11.5. The van der Waals surface area contributed by atoms with Crippen LogP contribution in [-0.4, -0.2) is 46.3 Å². The third-order valence-corrected chi connectivity index (χ3v) is 2.76. The molecule has 0 bridgehead atoms. The Morgan fingerprint density at radius 3 is 2.68 bits per heavy atom. The molecule has 7 heteroatoms. The van der Waals surface area contributed by atoms with E-state index in [0.29, 0.717) is 31.0 Å². The molecule has 7 nitrogen and oxygen atoms in total. The third-order valence-electron chi connectivity index (χ3n) is 2.76. The number of rotatable bonds is 7. The Morgan fingerprint density at radius 2 is 2.16 bits per heavy atom. The highest BCUT2D eigenvalue weighted by Gasteiger charge is 2.19. The van der Waals surface area contributed by atoms with E-state index >= 15 is 0 Å². The van der Waals surface area contributed by atoms with E-state index in [1.54, 1.807) is 18.7 Å². The van der Waals surface area contributed by atoms with Gasteiger partial charge in [0.2, 0.25) is 5.91 Å². The molecule has 19 heavy (non-hydrogen) atoms. The zero-order chi connectivity index (χ0) is 14.4. The van der Waals surface area contributed by atoms with Crippen LogP contribution >= 0.6 is 0 Å². The van der Waals surface area contributed by atoms with Crippen LogP contribution in [0.1, 0.15) is 29.9 Å². The minimum atomic E-state index is -0.402. The number of ether oxygens (including phenoxy) is 1. The molecule has 0 radical (unpaired) electrons. The molecule has 1 aromatic rings. The lowest BCUT2D eigenvalue weighted by Gasteiger charge is -2.19. The number of hydrogen-bond acceptors (Lipinski definition) is 5. The molecule has 0 aliphatic rings. The van der Waals surface area contributed by atoms with E-state index in [1.807, 2.05) is 11.8 Å². The Balaban J connectivity index is 2.89. The summed E-state index contributed by atoms with van der Waals surface area (Å²) in [6.45, 7) is 5.19. The second kappa shape index (κ2) is 6.89. The van der Waals surface area contributed by atoms with Crippen molar-refractivity contribution in [3.63, 3.8) is 0 Å². The maximum Gasteiger partial charge on any atom is 0.341 e. The first kappa shape index (κ1) is 15.2. The number of esters is 1. The normalized spacial score (nSPS) is 10.7. The van der Waals surface area contributed by atoms with Gasteiger partial charge in [0, 0.05) is 13.6 Å². The fourth-order valence-corrected chi connectivity index (χ4v) is 1.74. The second-order valence-electron chi connectivity index (χ2n) is 4.12. The van der Waals surface area contributed by atoms with Crippen LogP contribution in [-0.2, 0) is 23.1 Å². The van der Waals surface area contributed by atoms with Crippen LogP contribution in [0.4, 0.5) is 0 Å². The SMILES string of the molecule is CCOC(=O)c1cnn(C)c1CN(CC)CC(N)=O. The monoisotopic (exact) mass is 268 g/mol. The molecule has 2 N–H and O–H groups in total. The van der Waals surface area contributed by atoms with E-state index in [9.17, 15) is 9.59 Å². The summed E-state index contributed by atoms with van der Waals surface area (Å²) in [5.74, 6) is -0.803. The van der Waals surface area contributed by atoms with E-state index in [4.69, 9.17) is 10.5 Å². The summed E-state index contributed by atoms with van der Waals surface area (Å²) < 4.78 is 6.58. The fraction of sp³-hybridized carbons (Fsp3) is 0.583. The van der Waals surface area contributed by atoms with Crippen LogP contribution in [0, 0.1) is 0 Å². The molecule has 0 fully saturated rings. The van der Waals surface area contributed by atoms with Crippen LogP contribution in [0.2, 0.25) is 0 Å². The minimum Gasteiger partial charge on any atom is -0.462 e. The van der Waals surface area contributed by atoms with Gasteiger partial charge in [0.05, 0.1) is 25.0 Å². The molecule has 0 spiro atoms. The Bertz CT molecular complexity index is 456. The van der Waals surface area contributed by atoms with E-state index in [-0.39, 0.29) is 6.54 Å². The molecule has 0 unspecified atom stereocenters. The number of nitrogens with zero attached hydrogens (tertiary/aromatic N) is 3. The average molecular weight is 268 g/mol. The third kappa shape index (κ3) is 4.06. The number of amides is 1. The summed E-state index contributed by atoms with van der Waals surface area (Å²) in [4.78, 5) is 24.6. The van der Waals surface area contributed by atoms with Crippen LogP contribution in [0.5, 0.6) is 0 Å². The molecule has 106 valence electrons. The largest absolute Gasteiger partial charge is 0.462 e. The molecule has 0 aliphatic carbocycles. The first-order chi connectivity index (χ1) is 8.99. The number of carbonyl (C=O) groups is 2. The van der Waals surface area contributed by atoms with Gasteiger partial charge >= 0.3 is 5.97 Å². The summed E-state index contributed by atoms with van der Waals surface area (Å²) >= 11 is 0. The summed E-state index contributed by atoms with van der Waals surface area (Å²) in [5.41, 5.74) is 6.32. The Kier molecular flexibility index (Phi) is 5.50. The maximum atomic E-state index is 11.8. The highest BCUT2D eigenvalue weighted by molar-refractivity contribution is 5.90. The molecule has 0 saturated carbocycles. The molecule has 1 rings (SSSR count). The van der Waals surface area contributed by atoms with E-state index in [1.165, 1.54) is 6.20 Å². The molecule has 0 aliphatic heterocycles. The standard InChI is InChI=1S/C12H20N4O3/c1-4-16(8-11(13)17)7-10-9(6-14-15(10)3)12(18)19-5-2/h6H,4-5,7-8H2,1-3H3,(H2,13,17). The van der Waals surface area contributed by atoms with Gasteiger partial charge < -0.3 is 10.5 Å². The van der Waals surface area contributed by atoms with E-state index in [2.05, 4.69) is 5.10 Å². The first-order valence-corrected chi connectivity index (χ1v) is 6.18. The van der Waals surface area contributed by atoms with Crippen LogP contribution in [0.3, 0.4) is 0 Å². The van der Waals surface area contributed by atoms with Gasteiger partial charge in [-0.25, -0.2) is 4.79 Å². The van der Waals surface area contributed by atoms with Crippen LogP contribution < -0.4 is 5.73 Å². The Hall–Kier alpha value is -1.89. The number of nitrogens with two attached hydrogens (primary N) is 1. The van der Waals surface area contributed by atoms with Gasteiger partial charge in [0.15, 0.2) is 0 Å². The highest BCUT2D eigenvalue weighted by atomic mass is 16.5. The topological polar surface area (TPSA) is 90.4 Å². The smallest absolute Gasteiger partial charge is 0.341 e. The number of aryl methyl sites for hydroxylation is 1. The molecule has 0 saturated heterocycles. The molecule has 0 aromatic carbocycles. The van der Waals surface area contributed by atoms with Gasteiger partial charge in [-0.1, -0.05) is 6.92 Å². The molecule has 1 aromatic heterocycles. The molecular formula is C12H20N4O3. The predicted octanol–water partition coefficient (Wildman–Crippen LogP) is -0.0960.